The lowest BCUT2D eigenvalue weighted by Crippen LogP contribution is -2.06. The van der Waals surface area contributed by atoms with Gasteiger partial charge in [-0.05, 0) is 6.42 Å². The second-order valence-corrected chi connectivity index (χ2v) is 7.63. The number of halogens is 1. The molecule has 2 nitrogen and oxygen atoms in total. The molecule has 25 heavy (non-hydrogen) atoms. The zero-order valence-electron chi connectivity index (χ0n) is 16.8. The molecule has 0 aliphatic heterocycles. The minimum Gasteiger partial charge on any atom is -0.465 e. The molecule has 3 heteroatoms. The number of ether oxygens (including phenoxy) is 1. The van der Waals surface area contributed by atoms with E-state index in [4.69, 9.17) is 16.3 Å². The first kappa shape index (κ1) is 24.8. The smallest absolute Gasteiger partial charge is 0.320 e. The van der Waals surface area contributed by atoms with Crippen molar-refractivity contribution in [2.45, 2.75) is 122 Å². The van der Waals surface area contributed by atoms with Crippen molar-refractivity contribution in [2.75, 3.05) is 12.5 Å². The van der Waals surface area contributed by atoms with Crippen LogP contribution in [0.4, 0.5) is 0 Å². The summed E-state index contributed by atoms with van der Waals surface area (Å²) in [5.41, 5.74) is 0. The van der Waals surface area contributed by atoms with Gasteiger partial charge in [-0.1, -0.05) is 116 Å². The minimum atomic E-state index is -0.298. The van der Waals surface area contributed by atoms with Crippen molar-refractivity contribution in [1.29, 1.82) is 0 Å². The number of carbonyl (C=O) groups excluding carboxylic acids is 1. The van der Waals surface area contributed by atoms with E-state index in [-0.39, 0.29) is 11.8 Å². The molecule has 0 aromatic carbocycles. The largest absolute Gasteiger partial charge is 0.465 e. The molecule has 0 fully saturated rings. The Hall–Kier alpha value is -0.240. The van der Waals surface area contributed by atoms with Crippen LogP contribution in [0.15, 0.2) is 0 Å². The van der Waals surface area contributed by atoms with Crippen LogP contribution in [0.1, 0.15) is 122 Å². The molecular formula is C22H43ClO2. The molecular weight excluding hydrogens is 332 g/mol. The topological polar surface area (TPSA) is 26.3 Å². The highest BCUT2D eigenvalue weighted by atomic mass is 35.5. The SMILES string of the molecule is CCCCCCCCCCCCCCCCCCCCOC(=O)CCl. The molecule has 0 saturated carbocycles. The van der Waals surface area contributed by atoms with Crippen LogP contribution in [0.3, 0.4) is 0 Å². The van der Waals surface area contributed by atoms with Crippen molar-refractivity contribution < 1.29 is 9.53 Å². The van der Waals surface area contributed by atoms with Gasteiger partial charge < -0.3 is 4.74 Å². The van der Waals surface area contributed by atoms with E-state index in [2.05, 4.69) is 6.92 Å². The van der Waals surface area contributed by atoms with Crippen molar-refractivity contribution >= 4 is 17.6 Å². The van der Waals surface area contributed by atoms with Gasteiger partial charge in [-0.15, -0.1) is 11.6 Å². The highest BCUT2D eigenvalue weighted by Gasteiger charge is 1.98. The number of rotatable bonds is 20. The molecule has 0 amide bonds. The van der Waals surface area contributed by atoms with E-state index >= 15 is 0 Å². The average Bonchev–Trinajstić information content (AvgIpc) is 2.63. The van der Waals surface area contributed by atoms with Crippen LogP contribution in [0, 0.1) is 0 Å². The van der Waals surface area contributed by atoms with Gasteiger partial charge in [-0.3, -0.25) is 4.79 Å². The number of hydrogen-bond donors (Lipinski definition) is 0. The Balaban J connectivity index is 2.99. The Morgan fingerprint density at radius 2 is 0.920 bits per heavy atom. The Morgan fingerprint density at radius 3 is 1.24 bits per heavy atom. The number of carbonyl (C=O) groups is 1. The highest BCUT2D eigenvalue weighted by molar-refractivity contribution is 6.26. The number of esters is 1. The monoisotopic (exact) mass is 374 g/mol. The Morgan fingerprint density at radius 1 is 0.600 bits per heavy atom. The first-order valence-corrected chi connectivity index (χ1v) is 11.6. The van der Waals surface area contributed by atoms with Crippen molar-refractivity contribution in [3.8, 4) is 0 Å². The molecule has 0 rings (SSSR count). The van der Waals surface area contributed by atoms with E-state index < -0.39 is 0 Å². The normalized spacial score (nSPS) is 11.0. The third-order valence-electron chi connectivity index (χ3n) is 4.87. The Kier molecular flexibility index (Phi) is 21.6. The molecule has 0 heterocycles. The second kappa shape index (κ2) is 21.8. The summed E-state index contributed by atoms with van der Waals surface area (Å²) in [4.78, 5) is 10.8. The van der Waals surface area contributed by atoms with Crippen LogP contribution in [0.25, 0.3) is 0 Å². The van der Waals surface area contributed by atoms with Gasteiger partial charge in [0, 0.05) is 0 Å². The fourth-order valence-electron chi connectivity index (χ4n) is 3.23. The number of alkyl halides is 1. The summed E-state index contributed by atoms with van der Waals surface area (Å²) in [5.74, 6) is -0.326. The maximum atomic E-state index is 10.8. The van der Waals surface area contributed by atoms with Crippen LogP contribution < -0.4 is 0 Å². The quantitative estimate of drug-likeness (QED) is 0.123. The zero-order valence-corrected chi connectivity index (χ0v) is 17.6. The van der Waals surface area contributed by atoms with E-state index in [0.717, 1.165) is 12.8 Å². The number of unbranched alkanes of at least 4 members (excludes halogenated alkanes) is 17. The summed E-state index contributed by atoms with van der Waals surface area (Å²) < 4.78 is 4.95. The Bertz CT molecular complexity index is 269. The summed E-state index contributed by atoms with van der Waals surface area (Å²) in [6, 6.07) is 0. The maximum absolute atomic E-state index is 10.8. The lowest BCUT2D eigenvalue weighted by Gasteiger charge is -2.04. The first-order valence-electron chi connectivity index (χ1n) is 11.0. The van der Waals surface area contributed by atoms with Crippen LogP contribution in [-0.4, -0.2) is 18.5 Å². The van der Waals surface area contributed by atoms with Crippen LogP contribution in [0.2, 0.25) is 0 Å². The molecule has 0 aliphatic rings. The Labute approximate surface area is 162 Å². The van der Waals surface area contributed by atoms with Crippen molar-refractivity contribution in [3.63, 3.8) is 0 Å². The zero-order chi connectivity index (χ0) is 18.4. The van der Waals surface area contributed by atoms with Gasteiger partial charge >= 0.3 is 5.97 Å². The van der Waals surface area contributed by atoms with Crippen LogP contribution >= 0.6 is 11.6 Å². The summed E-state index contributed by atoms with van der Waals surface area (Å²) in [6.45, 7) is 2.82. The van der Waals surface area contributed by atoms with Crippen LogP contribution in [0.5, 0.6) is 0 Å². The van der Waals surface area contributed by atoms with Crippen molar-refractivity contribution in [1.82, 2.24) is 0 Å². The van der Waals surface area contributed by atoms with Crippen molar-refractivity contribution in [3.05, 3.63) is 0 Å². The minimum absolute atomic E-state index is 0.0287. The van der Waals surface area contributed by atoms with Gasteiger partial charge in [0.1, 0.15) is 5.88 Å². The standard InChI is InChI=1S/C22H43ClO2/c1-2-3-4-5-6-7-8-9-10-11-12-13-14-15-16-17-18-19-20-25-22(24)21-23/h2-21H2,1H3. The van der Waals surface area contributed by atoms with Gasteiger partial charge in [0.25, 0.3) is 0 Å². The van der Waals surface area contributed by atoms with Gasteiger partial charge in [-0.2, -0.15) is 0 Å². The highest BCUT2D eigenvalue weighted by Crippen LogP contribution is 2.14. The molecule has 0 bridgehead atoms. The van der Waals surface area contributed by atoms with E-state index in [0.29, 0.717) is 6.61 Å². The number of hydrogen-bond acceptors (Lipinski definition) is 2. The van der Waals surface area contributed by atoms with E-state index in [1.54, 1.807) is 0 Å². The fraction of sp³-hybridized carbons (Fsp3) is 0.955. The third-order valence-corrected chi connectivity index (χ3v) is 5.09. The molecule has 0 radical (unpaired) electrons. The predicted molar refractivity (Wildman–Crippen MR) is 110 cm³/mol. The molecule has 0 N–H and O–H groups in total. The molecule has 150 valence electrons. The lowest BCUT2D eigenvalue weighted by atomic mass is 10.0. The average molecular weight is 375 g/mol. The van der Waals surface area contributed by atoms with Crippen LogP contribution in [-0.2, 0) is 9.53 Å². The molecule has 0 aliphatic carbocycles. The first-order chi connectivity index (χ1) is 12.3. The molecule has 0 spiro atoms. The van der Waals surface area contributed by atoms with E-state index in [1.807, 2.05) is 0 Å². The summed E-state index contributed by atoms with van der Waals surface area (Å²) in [7, 11) is 0. The van der Waals surface area contributed by atoms with Gasteiger partial charge in [0.05, 0.1) is 6.61 Å². The van der Waals surface area contributed by atoms with Crippen molar-refractivity contribution in [2.24, 2.45) is 0 Å². The van der Waals surface area contributed by atoms with Gasteiger partial charge in [0.2, 0.25) is 0 Å². The van der Waals surface area contributed by atoms with E-state index in [9.17, 15) is 4.79 Å². The molecule has 0 aromatic rings. The van der Waals surface area contributed by atoms with Gasteiger partial charge in [-0.25, -0.2) is 0 Å². The fourth-order valence-corrected chi connectivity index (χ4v) is 3.31. The van der Waals surface area contributed by atoms with Gasteiger partial charge in [0.15, 0.2) is 0 Å². The predicted octanol–water partition coefficient (Wildman–Crippen LogP) is 7.81. The molecule has 0 saturated heterocycles. The van der Waals surface area contributed by atoms with E-state index in [1.165, 1.54) is 103 Å². The third kappa shape index (κ3) is 21.7. The maximum Gasteiger partial charge on any atom is 0.320 e. The summed E-state index contributed by atoms with van der Waals surface area (Å²) in [6.07, 6.45) is 24.6. The lowest BCUT2D eigenvalue weighted by molar-refractivity contribution is -0.140. The second-order valence-electron chi connectivity index (χ2n) is 7.36. The molecule has 0 unspecified atom stereocenters. The summed E-state index contributed by atoms with van der Waals surface area (Å²) in [5, 5.41) is 0. The summed E-state index contributed by atoms with van der Waals surface area (Å²) >= 11 is 5.36. The molecule has 0 atom stereocenters. The molecule has 0 aromatic heterocycles.